The monoisotopic (exact) mass is 603 g/mol. The van der Waals surface area contributed by atoms with E-state index in [2.05, 4.69) is 29.1 Å². The number of ketones is 1. The molecule has 9 nitrogen and oxygen atoms in total. The highest BCUT2D eigenvalue weighted by molar-refractivity contribution is 6.01. The Balaban J connectivity index is 1.27. The van der Waals surface area contributed by atoms with Crippen molar-refractivity contribution in [2.45, 2.75) is 44.1 Å². The summed E-state index contributed by atoms with van der Waals surface area (Å²) >= 11 is 0. The largest absolute Gasteiger partial charge is 0.352 e. The Kier molecular flexibility index (Phi) is 7.59. The molecular weight excluding hydrogens is 566 g/mol. The van der Waals surface area contributed by atoms with Crippen LogP contribution in [0.4, 0.5) is 0 Å². The molecule has 1 amide bonds. The number of pyridine rings is 1. The molecule has 2 aliphatic rings. The fraction of sp³-hybridized carbons (Fsp3) is 0.333. The van der Waals surface area contributed by atoms with Crippen molar-refractivity contribution in [3.05, 3.63) is 89.4 Å². The number of hydrogen-bond acceptors (Lipinski definition) is 6. The molecule has 230 valence electrons. The first kappa shape index (κ1) is 29.1. The molecule has 0 spiro atoms. The number of nitrogens with zero attached hydrogens (tertiary/aromatic N) is 4. The van der Waals surface area contributed by atoms with Crippen LogP contribution in [0, 0.1) is 0 Å². The number of rotatable bonds is 7. The molecule has 2 fully saturated rings. The molecule has 5 aromatic rings. The lowest BCUT2D eigenvalue weighted by Gasteiger charge is -2.36. The van der Waals surface area contributed by atoms with Gasteiger partial charge in [0.05, 0.1) is 35.6 Å². The van der Waals surface area contributed by atoms with Gasteiger partial charge in [0, 0.05) is 36.8 Å². The summed E-state index contributed by atoms with van der Waals surface area (Å²) in [5, 5.41) is 4.43. The fourth-order valence-corrected chi connectivity index (χ4v) is 7.08. The Labute approximate surface area is 261 Å². The first-order chi connectivity index (χ1) is 21.8. The van der Waals surface area contributed by atoms with Crippen LogP contribution < -0.4 is 5.32 Å². The summed E-state index contributed by atoms with van der Waals surface area (Å²) in [6.45, 7) is 2.11. The smallest absolute Gasteiger partial charge is 0.252 e. The number of carbonyl (C=O) groups is 2. The zero-order chi connectivity index (χ0) is 31.1. The second-order valence-electron chi connectivity index (χ2n) is 12.3. The summed E-state index contributed by atoms with van der Waals surface area (Å²) < 4.78 is 15.7. The van der Waals surface area contributed by atoms with Gasteiger partial charge in [0.1, 0.15) is 18.2 Å². The van der Waals surface area contributed by atoms with Crippen LogP contribution in [0.25, 0.3) is 39.4 Å². The van der Waals surface area contributed by atoms with Crippen molar-refractivity contribution in [2.24, 2.45) is 14.1 Å². The fourth-order valence-electron chi connectivity index (χ4n) is 7.08. The van der Waals surface area contributed by atoms with E-state index >= 15 is 0 Å². The number of carbonyl (C=O) groups excluding carboxylic acids is 2. The summed E-state index contributed by atoms with van der Waals surface area (Å²) in [6, 6.07) is 17.8. The molecule has 0 radical (unpaired) electrons. The van der Waals surface area contributed by atoms with Crippen LogP contribution in [-0.4, -0.2) is 50.8 Å². The summed E-state index contributed by atoms with van der Waals surface area (Å²) in [6.07, 6.45) is 9.95. The molecule has 1 aliphatic carbocycles. The van der Waals surface area contributed by atoms with Gasteiger partial charge in [0.15, 0.2) is 5.78 Å². The number of ether oxygens (including phenoxy) is 2. The van der Waals surface area contributed by atoms with Crippen molar-refractivity contribution in [3.63, 3.8) is 0 Å². The topological polar surface area (TPSA) is 100 Å². The van der Waals surface area contributed by atoms with E-state index in [0.29, 0.717) is 17.3 Å². The third-order valence-corrected chi connectivity index (χ3v) is 9.23. The summed E-state index contributed by atoms with van der Waals surface area (Å²) in [7, 11) is 3.99. The molecule has 7 rings (SSSR count). The number of fused-ring (bicyclic) bond motifs is 2. The first-order valence-electron chi connectivity index (χ1n) is 15.5. The van der Waals surface area contributed by atoms with Gasteiger partial charge in [0.25, 0.3) is 5.91 Å². The van der Waals surface area contributed by atoms with Crippen LogP contribution in [0.1, 0.15) is 65.8 Å². The van der Waals surface area contributed by atoms with E-state index < -0.39 is 5.54 Å². The van der Waals surface area contributed by atoms with Gasteiger partial charge in [-0.05, 0) is 79.3 Å². The minimum atomic E-state index is -1.00. The van der Waals surface area contributed by atoms with E-state index in [4.69, 9.17) is 19.4 Å². The van der Waals surface area contributed by atoms with Gasteiger partial charge in [-0.3, -0.25) is 14.6 Å². The van der Waals surface area contributed by atoms with E-state index in [0.717, 1.165) is 46.3 Å². The van der Waals surface area contributed by atoms with Crippen LogP contribution >= 0.6 is 0 Å². The molecular formula is C36H37N5O4. The number of amides is 1. The van der Waals surface area contributed by atoms with E-state index in [1.54, 1.807) is 12.2 Å². The van der Waals surface area contributed by atoms with Crippen molar-refractivity contribution >= 4 is 39.7 Å². The number of nitrogens with one attached hydrogen (secondary N) is 1. The maximum absolute atomic E-state index is 14.1. The predicted molar refractivity (Wildman–Crippen MR) is 174 cm³/mol. The van der Waals surface area contributed by atoms with E-state index in [1.807, 2.05) is 60.3 Å². The minimum Gasteiger partial charge on any atom is -0.352 e. The number of allylic oxidation sites excluding steroid dienone is 1. The predicted octanol–water partition coefficient (Wildman–Crippen LogP) is 6.02. The highest BCUT2D eigenvalue weighted by Gasteiger charge is 2.42. The molecule has 1 N–H and O–H groups in total. The number of imidazole rings is 1. The number of benzene rings is 2. The molecule has 0 atom stereocenters. The van der Waals surface area contributed by atoms with Crippen molar-refractivity contribution < 1.29 is 19.1 Å². The van der Waals surface area contributed by atoms with Gasteiger partial charge in [-0.2, -0.15) is 0 Å². The lowest BCUT2D eigenvalue weighted by molar-refractivity contribution is -0.146. The lowest BCUT2D eigenvalue weighted by atomic mass is 9.93. The van der Waals surface area contributed by atoms with Crippen molar-refractivity contribution in [2.75, 3.05) is 20.0 Å². The Bertz CT molecular complexity index is 1940. The summed E-state index contributed by atoms with van der Waals surface area (Å²) in [5.41, 5.74) is 6.49. The second-order valence-corrected chi connectivity index (χ2v) is 12.3. The normalized spacial score (nSPS) is 17.0. The Morgan fingerprint density at radius 2 is 1.78 bits per heavy atom. The molecule has 1 saturated carbocycles. The van der Waals surface area contributed by atoms with Crippen molar-refractivity contribution in [1.29, 1.82) is 0 Å². The van der Waals surface area contributed by atoms with Gasteiger partial charge < -0.3 is 23.9 Å². The van der Waals surface area contributed by atoms with Crippen LogP contribution in [0.2, 0.25) is 0 Å². The van der Waals surface area contributed by atoms with E-state index in [9.17, 15) is 9.59 Å². The van der Waals surface area contributed by atoms with Crippen LogP contribution in [-0.2, 0) is 33.9 Å². The standard InChI is InChI=1S/C36H37N5O4/c1-23(42)11-12-24-13-16-28-31(18-24)41(3)35(38-28)36(20-44-22-45-21-36)39-34(43)26-14-15-27-30(19-26)40(2)33(29-10-6-7-17-37-29)32(27)25-8-4-5-9-25/h6-7,10-19,25H,4-5,8-9,20-22H2,1-3H3,(H,39,43)/b12-11+. The van der Waals surface area contributed by atoms with Gasteiger partial charge in [-0.15, -0.1) is 0 Å². The maximum atomic E-state index is 14.1. The summed E-state index contributed by atoms with van der Waals surface area (Å²) in [4.78, 5) is 35.2. The average molecular weight is 604 g/mol. The van der Waals surface area contributed by atoms with Gasteiger partial charge >= 0.3 is 0 Å². The highest BCUT2D eigenvalue weighted by atomic mass is 16.7. The Morgan fingerprint density at radius 1 is 0.978 bits per heavy atom. The molecule has 1 aliphatic heterocycles. The molecule has 3 aromatic heterocycles. The molecule has 4 heterocycles. The van der Waals surface area contributed by atoms with E-state index in [1.165, 1.54) is 30.7 Å². The summed E-state index contributed by atoms with van der Waals surface area (Å²) in [5.74, 6) is 0.863. The third-order valence-electron chi connectivity index (χ3n) is 9.23. The number of aromatic nitrogens is 4. The SMILES string of the molecule is CC(=O)/C=C/c1ccc2nc(C3(NC(=O)c4ccc5c(C6CCCC6)c(-c6ccccn6)n(C)c5c4)COCOC3)n(C)c2c1. The second kappa shape index (κ2) is 11.7. The molecule has 0 unspecified atom stereocenters. The number of aryl methyl sites for hydroxylation is 2. The van der Waals surface area contributed by atoms with Crippen LogP contribution in [0.5, 0.6) is 0 Å². The van der Waals surface area contributed by atoms with Crippen LogP contribution in [0.3, 0.4) is 0 Å². The zero-order valence-corrected chi connectivity index (χ0v) is 25.9. The lowest BCUT2D eigenvalue weighted by Crippen LogP contribution is -2.56. The molecule has 45 heavy (non-hydrogen) atoms. The molecule has 9 heteroatoms. The average Bonchev–Trinajstić information content (AvgIpc) is 3.78. The van der Waals surface area contributed by atoms with Crippen molar-refractivity contribution in [1.82, 2.24) is 24.4 Å². The molecule has 1 saturated heterocycles. The van der Waals surface area contributed by atoms with E-state index in [-0.39, 0.29) is 31.7 Å². The minimum absolute atomic E-state index is 0.0183. The zero-order valence-electron chi connectivity index (χ0n) is 25.9. The van der Waals surface area contributed by atoms with Gasteiger partial charge in [-0.1, -0.05) is 37.1 Å². The Hall–Kier alpha value is -4.60. The molecule has 0 bridgehead atoms. The van der Waals surface area contributed by atoms with Gasteiger partial charge in [-0.25, -0.2) is 4.98 Å². The van der Waals surface area contributed by atoms with Crippen LogP contribution in [0.15, 0.2) is 66.9 Å². The highest BCUT2D eigenvalue weighted by Crippen LogP contribution is 2.44. The first-order valence-corrected chi connectivity index (χ1v) is 15.5. The Morgan fingerprint density at radius 3 is 2.51 bits per heavy atom. The quantitative estimate of drug-likeness (QED) is 0.229. The van der Waals surface area contributed by atoms with Gasteiger partial charge in [0.2, 0.25) is 0 Å². The molecule has 2 aromatic carbocycles. The van der Waals surface area contributed by atoms with Crippen molar-refractivity contribution in [3.8, 4) is 11.4 Å². The number of hydrogen-bond donors (Lipinski definition) is 1. The third kappa shape index (κ3) is 5.26. The maximum Gasteiger partial charge on any atom is 0.252 e.